The quantitative estimate of drug-likeness (QED) is 0.825. The van der Waals surface area contributed by atoms with Crippen LogP contribution in [0.25, 0.3) is 0 Å². The molecule has 0 aliphatic carbocycles. The van der Waals surface area contributed by atoms with E-state index in [9.17, 15) is 4.79 Å². The number of thiocarbonyl (C=S) groups is 1. The second-order valence-corrected chi connectivity index (χ2v) is 5.81. The Hall–Kier alpha value is -1.38. The molecule has 0 spiro atoms. The van der Waals surface area contributed by atoms with Crippen LogP contribution in [-0.4, -0.2) is 20.5 Å². The van der Waals surface area contributed by atoms with Gasteiger partial charge in [-0.1, -0.05) is 32.6 Å². The van der Waals surface area contributed by atoms with E-state index in [-0.39, 0.29) is 10.9 Å². The van der Waals surface area contributed by atoms with Gasteiger partial charge >= 0.3 is 0 Å². The number of benzene rings is 1. The van der Waals surface area contributed by atoms with Crippen LogP contribution in [0.2, 0.25) is 0 Å². The Balaban J connectivity index is 2.32. The number of aromatic nitrogens is 2. The number of rotatable bonds is 3. The van der Waals surface area contributed by atoms with Gasteiger partial charge < -0.3 is 11.1 Å². The van der Waals surface area contributed by atoms with Crippen LogP contribution in [0.3, 0.4) is 0 Å². The largest absolute Gasteiger partial charge is 0.389 e. The van der Waals surface area contributed by atoms with E-state index in [4.69, 9.17) is 18.0 Å². The van der Waals surface area contributed by atoms with Crippen molar-refractivity contribution in [1.82, 2.24) is 9.59 Å². The predicted molar refractivity (Wildman–Crippen MR) is 82.6 cm³/mol. The molecular formula is C11H9BrN4OS2. The first kappa shape index (κ1) is 14.0. The van der Waals surface area contributed by atoms with E-state index >= 15 is 0 Å². The first-order valence-corrected chi connectivity index (χ1v) is 7.16. The first-order chi connectivity index (χ1) is 8.99. The van der Waals surface area contributed by atoms with Crippen molar-refractivity contribution >= 4 is 56.3 Å². The van der Waals surface area contributed by atoms with Gasteiger partial charge in [0.05, 0.1) is 11.4 Å². The molecule has 1 aromatic heterocycles. The SMILES string of the molecule is Cc1nnsc1C(=O)Nc1ccc(Br)cc1C(N)=S. The van der Waals surface area contributed by atoms with Crippen molar-refractivity contribution in [2.24, 2.45) is 5.73 Å². The third-order valence-corrected chi connectivity index (χ3v) is 3.89. The van der Waals surface area contributed by atoms with Gasteiger partial charge in [0.2, 0.25) is 0 Å². The number of anilines is 1. The van der Waals surface area contributed by atoms with Crippen molar-refractivity contribution < 1.29 is 4.79 Å². The van der Waals surface area contributed by atoms with E-state index in [0.29, 0.717) is 21.8 Å². The summed E-state index contributed by atoms with van der Waals surface area (Å²) < 4.78 is 4.57. The lowest BCUT2D eigenvalue weighted by molar-refractivity contribution is 0.103. The smallest absolute Gasteiger partial charge is 0.269 e. The summed E-state index contributed by atoms with van der Waals surface area (Å²) in [7, 11) is 0. The van der Waals surface area contributed by atoms with Crippen LogP contribution in [0.1, 0.15) is 20.9 Å². The molecule has 0 saturated carbocycles. The Morgan fingerprint density at radius 3 is 2.84 bits per heavy atom. The predicted octanol–water partition coefficient (Wildman–Crippen LogP) is 2.50. The van der Waals surface area contributed by atoms with Crippen LogP contribution < -0.4 is 11.1 Å². The van der Waals surface area contributed by atoms with Gasteiger partial charge in [-0.25, -0.2) is 0 Å². The number of carbonyl (C=O) groups is 1. The van der Waals surface area contributed by atoms with Crippen LogP contribution in [0.5, 0.6) is 0 Å². The minimum absolute atomic E-state index is 0.218. The fourth-order valence-electron chi connectivity index (χ4n) is 1.45. The number of carbonyl (C=O) groups excluding carboxylic acids is 1. The summed E-state index contributed by atoms with van der Waals surface area (Å²) in [5, 5.41) is 6.57. The highest BCUT2D eigenvalue weighted by Crippen LogP contribution is 2.22. The van der Waals surface area contributed by atoms with Crippen molar-refractivity contribution in [3.8, 4) is 0 Å². The third-order valence-electron chi connectivity index (χ3n) is 2.35. The van der Waals surface area contributed by atoms with Gasteiger partial charge in [0.15, 0.2) is 0 Å². The maximum absolute atomic E-state index is 12.1. The number of aryl methyl sites for hydroxylation is 1. The minimum atomic E-state index is -0.271. The lowest BCUT2D eigenvalue weighted by Crippen LogP contribution is -2.17. The van der Waals surface area contributed by atoms with Crippen molar-refractivity contribution in [3.63, 3.8) is 0 Å². The number of nitrogens with two attached hydrogens (primary N) is 1. The molecule has 0 radical (unpaired) electrons. The van der Waals surface area contributed by atoms with Crippen molar-refractivity contribution in [3.05, 3.63) is 38.8 Å². The summed E-state index contributed by atoms with van der Waals surface area (Å²) >= 11 is 9.35. The summed E-state index contributed by atoms with van der Waals surface area (Å²) in [4.78, 5) is 12.8. The molecule has 1 amide bonds. The molecule has 0 fully saturated rings. The van der Waals surface area contributed by atoms with Crippen molar-refractivity contribution in [1.29, 1.82) is 0 Å². The molecule has 5 nitrogen and oxygen atoms in total. The molecule has 8 heteroatoms. The number of nitrogens with zero attached hydrogens (tertiary/aromatic N) is 2. The van der Waals surface area contributed by atoms with Gasteiger partial charge in [0, 0.05) is 10.0 Å². The zero-order valence-electron chi connectivity index (χ0n) is 9.81. The minimum Gasteiger partial charge on any atom is -0.389 e. The molecule has 1 heterocycles. The fourth-order valence-corrected chi connectivity index (χ4v) is 2.53. The Morgan fingerprint density at radius 1 is 1.53 bits per heavy atom. The second-order valence-electron chi connectivity index (χ2n) is 3.70. The van der Waals surface area contributed by atoms with Gasteiger partial charge in [-0.2, -0.15) is 0 Å². The molecule has 2 aromatic rings. The topological polar surface area (TPSA) is 80.9 Å². The van der Waals surface area contributed by atoms with E-state index in [1.807, 2.05) is 0 Å². The third kappa shape index (κ3) is 3.14. The first-order valence-electron chi connectivity index (χ1n) is 5.18. The normalized spacial score (nSPS) is 10.2. The molecule has 0 atom stereocenters. The Kier molecular flexibility index (Phi) is 4.23. The van der Waals surface area contributed by atoms with Crippen LogP contribution in [0.15, 0.2) is 22.7 Å². The number of nitrogens with one attached hydrogen (secondary N) is 1. The molecule has 0 unspecified atom stereocenters. The standard InChI is InChI=1S/C11H9BrN4OS2/c1-5-9(19-16-15-5)11(17)14-8-3-2-6(12)4-7(8)10(13)18/h2-4H,1H3,(H2,13,18)(H,14,17). The van der Waals surface area contributed by atoms with E-state index in [1.165, 1.54) is 0 Å². The van der Waals surface area contributed by atoms with E-state index in [1.54, 1.807) is 25.1 Å². The number of halogens is 1. The van der Waals surface area contributed by atoms with E-state index in [2.05, 4.69) is 30.8 Å². The Bertz CT molecular complexity index is 656. The molecule has 0 aliphatic heterocycles. The fraction of sp³-hybridized carbons (Fsp3) is 0.0909. The maximum Gasteiger partial charge on any atom is 0.269 e. The molecule has 0 bridgehead atoms. The Morgan fingerprint density at radius 2 is 2.26 bits per heavy atom. The zero-order valence-corrected chi connectivity index (χ0v) is 13.0. The molecule has 0 aliphatic rings. The van der Waals surface area contributed by atoms with Gasteiger partial charge in [-0.05, 0) is 36.7 Å². The van der Waals surface area contributed by atoms with Gasteiger partial charge in [0.1, 0.15) is 9.87 Å². The Labute approximate surface area is 127 Å². The lowest BCUT2D eigenvalue weighted by atomic mass is 10.1. The van der Waals surface area contributed by atoms with Crippen LogP contribution in [0, 0.1) is 6.92 Å². The summed E-state index contributed by atoms with van der Waals surface area (Å²) in [5.74, 6) is -0.271. The lowest BCUT2D eigenvalue weighted by Gasteiger charge is -2.09. The van der Waals surface area contributed by atoms with Crippen LogP contribution in [0.4, 0.5) is 5.69 Å². The zero-order chi connectivity index (χ0) is 14.0. The van der Waals surface area contributed by atoms with Gasteiger partial charge in [0.25, 0.3) is 5.91 Å². The van der Waals surface area contributed by atoms with Crippen molar-refractivity contribution in [2.45, 2.75) is 6.92 Å². The van der Waals surface area contributed by atoms with Crippen molar-refractivity contribution in [2.75, 3.05) is 5.32 Å². The second kappa shape index (κ2) is 5.72. The molecule has 98 valence electrons. The van der Waals surface area contributed by atoms with Gasteiger partial charge in [-0.3, -0.25) is 4.79 Å². The maximum atomic E-state index is 12.1. The molecule has 19 heavy (non-hydrogen) atoms. The summed E-state index contributed by atoms with van der Waals surface area (Å²) in [5.41, 5.74) is 7.41. The molecule has 0 saturated heterocycles. The van der Waals surface area contributed by atoms with Crippen LogP contribution in [-0.2, 0) is 0 Å². The molecule has 2 rings (SSSR count). The number of amides is 1. The number of hydrogen-bond donors (Lipinski definition) is 2. The molecule has 1 aromatic carbocycles. The average molecular weight is 357 g/mol. The summed E-state index contributed by atoms with van der Waals surface area (Å²) in [6, 6.07) is 5.30. The molecule has 3 N–H and O–H groups in total. The van der Waals surface area contributed by atoms with Gasteiger partial charge in [-0.15, -0.1) is 5.10 Å². The summed E-state index contributed by atoms with van der Waals surface area (Å²) in [6.07, 6.45) is 0. The molecular weight excluding hydrogens is 348 g/mol. The van der Waals surface area contributed by atoms with Crippen LogP contribution >= 0.6 is 39.7 Å². The highest BCUT2D eigenvalue weighted by atomic mass is 79.9. The number of hydrogen-bond acceptors (Lipinski definition) is 5. The van der Waals surface area contributed by atoms with E-state index in [0.717, 1.165) is 16.0 Å². The van der Waals surface area contributed by atoms with E-state index < -0.39 is 0 Å². The highest BCUT2D eigenvalue weighted by molar-refractivity contribution is 9.10. The average Bonchev–Trinajstić information content (AvgIpc) is 2.77. The monoisotopic (exact) mass is 356 g/mol. The summed E-state index contributed by atoms with van der Waals surface area (Å²) in [6.45, 7) is 1.73. The highest BCUT2D eigenvalue weighted by Gasteiger charge is 2.15.